The molecule has 22 heavy (non-hydrogen) atoms. The second kappa shape index (κ2) is 6.46. The summed E-state index contributed by atoms with van der Waals surface area (Å²) in [6, 6.07) is 13.5. The van der Waals surface area contributed by atoms with Crippen molar-refractivity contribution in [1.82, 2.24) is 0 Å². The molecule has 0 saturated carbocycles. The molecule has 0 radical (unpaired) electrons. The second-order valence-electron chi connectivity index (χ2n) is 4.95. The highest BCUT2D eigenvalue weighted by Gasteiger charge is 2.10. The Morgan fingerprint density at radius 3 is 2.59 bits per heavy atom. The number of carbonyl (C=O) groups is 1. The number of sulfone groups is 1. The van der Waals surface area contributed by atoms with Crippen molar-refractivity contribution in [1.29, 1.82) is 0 Å². The number of rotatable bonds is 4. The van der Waals surface area contributed by atoms with E-state index in [0.717, 1.165) is 6.26 Å². The molecule has 0 unspecified atom stereocenters. The molecule has 1 amide bonds. The van der Waals surface area contributed by atoms with E-state index in [4.69, 9.17) is 6.42 Å². The normalized spacial score (nSPS) is 10.7. The maximum absolute atomic E-state index is 12.2. The summed E-state index contributed by atoms with van der Waals surface area (Å²) in [5, 5.41) is 2.74. The van der Waals surface area contributed by atoms with Crippen molar-refractivity contribution in [2.24, 2.45) is 0 Å². The Morgan fingerprint density at radius 1 is 1.18 bits per heavy atom. The predicted octanol–water partition coefficient (Wildman–Crippen LogP) is 2.46. The molecule has 2 rings (SSSR count). The van der Waals surface area contributed by atoms with Gasteiger partial charge in [-0.3, -0.25) is 4.79 Å². The zero-order valence-corrected chi connectivity index (χ0v) is 12.9. The van der Waals surface area contributed by atoms with Crippen LogP contribution in [-0.2, 0) is 15.6 Å². The smallest absolute Gasteiger partial charge is 0.255 e. The molecule has 0 atom stereocenters. The van der Waals surface area contributed by atoms with E-state index in [-0.39, 0.29) is 11.7 Å². The van der Waals surface area contributed by atoms with Gasteiger partial charge >= 0.3 is 0 Å². The minimum Gasteiger partial charge on any atom is -0.322 e. The molecule has 4 nitrogen and oxygen atoms in total. The molecule has 0 spiro atoms. The quantitative estimate of drug-likeness (QED) is 0.882. The van der Waals surface area contributed by atoms with Gasteiger partial charge in [-0.2, -0.15) is 0 Å². The molecule has 1 N–H and O–H groups in total. The summed E-state index contributed by atoms with van der Waals surface area (Å²) in [6.45, 7) is 0. The van der Waals surface area contributed by atoms with Crippen molar-refractivity contribution in [3.05, 3.63) is 65.2 Å². The van der Waals surface area contributed by atoms with E-state index in [0.29, 0.717) is 22.4 Å². The van der Waals surface area contributed by atoms with E-state index in [1.54, 1.807) is 48.5 Å². The molecule has 112 valence electrons. The monoisotopic (exact) mass is 313 g/mol. The third-order valence-electron chi connectivity index (χ3n) is 2.91. The van der Waals surface area contributed by atoms with E-state index in [2.05, 4.69) is 11.2 Å². The first-order valence-electron chi connectivity index (χ1n) is 6.52. The fourth-order valence-electron chi connectivity index (χ4n) is 2.00. The van der Waals surface area contributed by atoms with Crippen molar-refractivity contribution in [2.45, 2.75) is 5.75 Å². The predicted molar refractivity (Wildman–Crippen MR) is 87.3 cm³/mol. The Hall–Kier alpha value is -2.58. The van der Waals surface area contributed by atoms with Gasteiger partial charge in [0.05, 0.1) is 5.75 Å². The fraction of sp³-hybridized carbons (Fsp3) is 0.118. The van der Waals surface area contributed by atoms with Gasteiger partial charge in [0.1, 0.15) is 0 Å². The van der Waals surface area contributed by atoms with Crippen molar-refractivity contribution in [2.75, 3.05) is 11.6 Å². The van der Waals surface area contributed by atoms with Gasteiger partial charge in [-0.25, -0.2) is 8.42 Å². The Morgan fingerprint density at radius 2 is 1.91 bits per heavy atom. The van der Waals surface area contributed by atoms with Crippen LogP contribution in [0.25, 0.3) is 0 Å². The van der Waals surface area contributed by atoms with Crippen molar-refractivity contribution in [3.8, 4) is 12.3 Å². The van der Waals surface area contributed by atoms with Gasteiger partial charge in [-0.1, -0.05) is 24.1 Å². The van der Waals surface area contributed by atoms with Gasteiger partial charge in [-0.05, 0) is 35.9 Å². The maximum Gasteiger partial charge on any atom is 0.255 e. The highest BCUT2D eigenvalue weighted by molar-refractivity contribution is 7.89. The summed E-state index contributed by atoms with van der Waals surface area (Å²) in [6.07, 6.45) is 6.48. The van der Waals surface area contributed by atoms with Gasteiger partial charge < -0.3 is 5.32 Å². The number of nitrogens with one attached hydrogen (secondary N) is 1. The van der Waals surface area contributed by atoms with Gasteiger partial charge in [0, 0.05) is 23.1 Å². The van der Waals surface area contributed by atoms with Crippen molar-refractivity contribution < 1.29 is 13.2 Å². The highest BCUT2D eigenvalue weighted by atomic mass is 32.2. The molecule has 0 saturated heterocycles. The molecule has 0 fully saturated rings. The lowest BCUT2D eigenvalue weighted by atomic mass is 10.1. The topological polar surface area (TPSA) is 63.2 Å². The first-order valence-corrected chi connectivity index (χ1v) is 8.58. The third kappa shape index (κ3) is 4.47. The fourth-order valence-corrected chi connectivity index (χ4v) is 2.78. The van der Waals surface area contributed by atoms with Crippen LogP contribution >= 0.6 is 0 Å². The summed E-state index contributed by atoms with van der Waals surface area (Å²) >= 11 is 0. The first-order chi connectivity index (χ1) is 10.4. The number of hydrogen-bond acceptors (Lipinski definition) is 3. The molecule has 0 aliphatic heterocycles. The van der Waals surface area contributed by atoms with Crippen LogP contribution in [0.3, 0.4) is 0 Å². The van der Waals surface area contributed by atoms with Crippen LogP contribution in [0.5, 0.6) is 0 Å². The van der Waals surface area contributed by atoms with Gasteiger partial charge in [0.25, 0.3) is 5.91 Å². The van der Waals surface area contributed by atoms with E-state index in [9.17, 15) is 13.2 Å². The number of benzene rings is 2. The summed E-state index contributed by atoms with van der Waals surface area (Å²) in [5.74, 6) is 2.09. The number of carbonyl (C=O) groups excluding carboxylic acids is 1. The highest BCUT2D eigenvalue weighted by Crippen LogP contribution is 2.13. The largest absolute Gasteiger partial charge is 0.322 e. The van der Waals surface area contributed by atoms with Crippen LogP contribution < -0.4 is 5.32 Å². The van der Waals surface area contributed by atoms with E-state index in [1.807, 2.05) is 0 Å². The average Bonchev–Trinajstić information content (AvgIpc) is 2.46. The Balaban J connectivity index is 2.19. The molecule has 2 aromatic carbocycles. The van der Waals surface area contributed by atoms with Crippen LogP contribution in [0.1, 0.15) is 21.5 Å². The molecule has 0 bridgehead atoms. The van der Waals surface area contributed by atoms with E-state index >= 15 is 0 Å². The molecule has 5 heteroatoms. The number of anilines is 1. The molecule has 0 aromatic heterocycles. The SMILES string of the molecule is C#Cc1cccc(NC(=O)c2cccc(CS(C)(=O)=O)c2)c1. The van der Waals surface area contributed by atoms with Crippen LogP contribution in [0, 0.1) is 12.3 Å². The average molecular weight is 313 g/mol. The molecule has 0 heterocycles. The summed E-state index contributed by atoms with van der Waals surface area (Å²) in [4.78, 5) is 12.2. The Labute approximate surface area is 130 Å². The first kappa shape index (κ1) is 15.8. The van der Waals surface area contributed by atoms with Crippen molar-refractivity contribution >= 4 is 21.4 Å². The van der Waals surface area contributed by atoms with Crippen molar-refractivity contribution in [3.63, 3.8) is 0 Å². The Bertz CT molecular complexity index is 848. The minimum absolute atomic E-state index is 0.0965. The van der Waals surface area contributed by atoms with E-state index < -0.39 is 9.84 Å². The minimum atomic E-state index is -3.14. The molecule has 2 aromatic rings. The van der Waals surface area contributed by atoms with Gasteiger partial charge in [0.15, 0.2) is 9.84 Å². The second-order valence-corrected chi connectivity index (χ2v) is 7.09. The van der Waals surface area contributed by atoms with E-state index in [1.165, 1.54) is 0 Å². The maximum atomic E-state index is 12.2. The summed E-state index contributed by atoms with van der Waals surface area (Å²) < 4.78 is 22.6. The lowest BCUT2D eigenvalue weighted by molar-refractivity contribution is 0.102. The molecule has 0 aliphatic rings. The van der Waals surface area contributed by atoms with Crippen LogP contribution in [0.15, 0.2) is 48.5 Å². The number of hydrogen-bond donors (Lipinski definition) is 1. The summed E-state index contributed by atoms with van der Waals surface area (Å²) in [7, 11) is -3.14. The van der Waals surface area contributed by atoms with Crippen LogP contribution in [0.2, 0.25) is 0 Å². The molecular weight excluding hydrogens is 298 g/mol. The van der Waals surface area contributed by atoms with Gasteiger partial charge in [0.2, 0.25) is 0 Å². The lowest BCUT2D eigenvalue weighted by Crippen LogP contribution is -2.12. The Kier molecular flexibility index (Phi) is 4.64. The standard InChI is InChI=1S/C17H15NO3S/c1-3-13-6-5-9-16(11-13)18-17(19)15-8-4-7-14(10-15)12-22(2,20)21/h1,4-11H,12H2,2H3,(H,18,19). The molecular formula is C17H15NO3S. The van der Waals surface area contributed by atoms with Crippen LogP contribution in [-0.4, -0.2) is 20.6 Å². The lowest BCUT2D eigenvalue weighted by Gasteiger charge is -2.07. The van der Waals surface area contributed by atoms with Gasteiger partial charge in [-0.15, -0.1) is 6.42 Å². The van der Waals surface area contributed by atoms with Crippen LogP contribution in [0.4, 0.5) is 5.69 Å². The summed E-state index contributed by atoms with van der Waals surface area (Å²) in [5.41, 5.74) is 2.23. The number of amides is 1. The molecule has 0 aliphatic carbocycles. The third-order valence-corrected chi connectivity index (χ3v) is 3.76. The zero-order valence-electron chi connectivity index (χ0n) is 12.0. The zero-order chi connectivity index (χ0) is 16.2. The number of terminal acetylenes is 1.